The standard InChI is InChI=1S/C26H38N2O3S/c1-18-7-9-19(10-8-18)24(29)28(20-12-15-27(5)16-13-20)22-17-21(11-14-26(2,3)4)32-23(22)25(30)31-6/h17-20H,7-10,12-13,15-16H2,1-6H3. The molecule has 1 saturated carbocycles. The Balaban J connectivity index is 2.02. The summed E-state index contributed by atoms with van der Waals surface area (Å²) in [5.74, 6) is 6.97. The van der Waals surface area contributed by atoms with E-state index in [-0.39, 0.29) is 23.3 Å². The molecule has 1 saturated heterocycles. The fourth-order valence-corrected chi connectivity index (χ4v) is 5.48. The van der Waals surface area contributed by atoms with Crippen LogP contribution in [0.3, 0.4) is 0 Å². The van der Waals surface area contributed by atoms with Crippen molar-refractivity contribution in [2.45, 2.75) is 72.3 Å². The molecule has 32 heavy (non-hydrogen) atoms. The highest BCUT2D eigenvalue weighted by atomic mass is 32.1. The van der Waals surface area contributed by atoms with Gasteiger partial charge in [-0.05, 0) is 91.4 Å². The summed E-state index contributed by atoms with van der Waals surface area (Å²) in [7, 11) is 3.52. The molecule has 0 unspecified atom stereocenters. The van der Waals surface area contributed by atoms with Crippen molar-refractivity contribution in [2.75, 3.05) is 32.1 Å². The van der Waals surface area contributed by atoms with Crippen LogP contribution >= 0.6 is 11.3 Å². The fourth-order valence-electron chi connectivity index (χ4n) is 4.56. The predicted octanol–water partition coefficient (Wildman–Crippen LogP) is 5.19. The van der Waals surface area contributed by atoms with E-state index in [1.165, 1.54) is 18.4 Å². The number of hydrogen-bond donors (Lipinski definition) is 0. The molecule has 0 aromatic carbocycles. The Bertz CT molecular complexity index is 873. The summed E-state index contributed by atoms with van der Waals surface area (Å²) in [5, 5.41) is 0. The number of amides is 1. The van der Waals surface area contributed by atoms with Crippen molar-refractivity contribution in [1.82, 2.24) is 4.90 Å². The Hall–Kier alpha value is -1.84. The molecule has 2 aliphatic rings. The van der Waals surface area contributed by atoms with Gasteiger partial charge in [0.2, 0.25) is 5.91 Å². The first kappa shape index (κ1) is 24.8. The van der Waals surface area contributed by atoms with Gasteiger partial charge in [0.25, 0.3) is 0 Å². The molecule has 0 atom stereocenters. The van der Waals surface area contributed by atoms with Crippen molar-refractivity contribution >= 4 is 28.9 Å². The van der Waals surface area contributed by atoms with Crippen LogP contribution in [-0.4, -0.2) is 50.1 Å². The number of carbonyl (C=O) groups excluding carboxylic acids is 2. The number of piperidine rings is 1. The maximum Gasteiger partial charge on any atom is 0.350 e. The van der Waals surface area contributed by atoms with E-state index in [9.17, 15) is 9.59 Å². The summed E-state index contributed by atoms with van der Waals surface area (Å²) in [6.07, 6.45) is 5.85. The van der Waals surface area contributed by atoms with E-state index in [4.69, 9.17) is 4.74 Å². The first-order chi connectivity index (χ1) is 15.1. The average Bonchev–Trinajstić information content (AvgIpc) is 3.17. The molecule has 2 fully saturated rings. The van der Waals surface area contributed by atoms with Gasteiger partial charge in [-0.15, -0.1) is 11.3 Å². The number of thiophene rings is 1. The summed E-state index contributed by atoms with van der Waals surface area (Å²) in [5.41, 5.74) is 0.552. The van der Waals surface area contributed by atoms with Gasteiger partial charge >= 0.3 is 5.97 Å². The smallest absolute Gasteiger partial charge is 0.350 e. The molecular formula is C26H38N2O3S. The topological polar surface area (TPSA) is 49.9 Å². The first-order valence-electron chi connectivity index (χ1n) is 11.9. The lowest BCUT2D eigenvalue weighted by Gasteiger charge is -2.39. The molecule has 6 heteroatoms. The summed E-state index contributed by atoms with van der Waals surface area (Å²) < 4.78 is 5.11. The van der Waals surface area contributed by atoms with Gasteiger partial charge in [-0.25, -0.2) is 4.79 Å². The second-order valence-corrected chi connectivity index (χ2v) is 11.6. The molecule has 0 spiro atoms. The van der Waals surface area contributed by atoms with Crippen molar-refractivity contribution in [1.29, 1.82) is 0 Å². The number of rotatable bonds is 4. The van der Waals surface area contributed by atoms with Gasteiger partial charge in [0, 0.05) is 17.4 Å². The lowest BCUT2D eigenvalue weighted by Crippen LogP contribution is -2.49. The molecule has 1 aliphatic heterocycles. The zero-order valence-corrected chi connectivity index (χ0v) is 21.3. The van der Waals surface area contributed by atoms with Gasteiger partial charge in [-0.2, -0.15) is 0 Å². The predicted molar refractivity (Wildman–Crippen MR) is 131 cm³/mol. The van der Waals surface area contributed by atoms with Crippen LogP contribution in [0.4, 0.5) is 5.69 Å². The van der Waals surface area contributed by atoms with E-state index in [1.54, 1.807) is 0 Å². The minimum atomic E-state index is -0.392. The SMILES string of the molecule is COC(=O)c1sc(C#CC(C)(C)C)cc1N(C(=O)C1CCC(C)CC1)C1CCN(C)CC1. The van der Waals surface area contributed by atoms with Gasteiger partial charge in [0.15, 0.2) is 0 Å². The third-order valence-corrected chi connectivity index (χ3v) is 7.58. The highest BCUT2D eigenvalue weighted by molar-refractivity contribution is 7.15. The van der Waals surface area contributed by atoms with Gasteiger partial charge in [0.05, 0.1) is 17.7 Å². The van der Waals surface area contributed by atoms with Crippen molar-refractivity contribution in [3.8, 4) is 11.8 Å². The van der Waals surface area contributed by atoms with E-state index >= 15 is 0 Å². The number of methoxy groups -OCH3 is 1. The van der Waals surface area contributed by atoms with Crippen LogP contribution in [0.25, 0.3) is 0 Å². The van der Waals surface area contributed by atoms with Crippen LogP contribution in [0.1, 0.15) is 80.8 Å². The van der Waals surface area contributed by atoms with Crippen molar-refractivity contribution in [3.63, 3.8) is 0 Å². The maximum absolute atomic E-state index is 13.9. The molecule has 1 aromatic rings. The number of ether oxygens (including phenoxy) is 1. The van der Waals surface area contributed by atoms with E-state index in [1.807, 2.05) is 11.0 Å². The Labute approximate surface area is 197 Å². The molecule has 2 heterocycles. The number of nitrogens with zero attached hydrogens (tertiary/aromatic N) is 2. The van der Waals surface area contributed by atoms with E-state index < -0.39 is 5.97 Å². The summed E-state index contributed by atoms with van der Waals surface area (Å²) >= 11 is 1.34. The number of anilines is 1. The van der Waals surface area contributed by atoms with Gasteiger partial charge in [-0.3, -0.25) is 4.79 Å². The molecule has 1 aromatic heterocycles. The molecule has 0 bridgehead atoms. The van der Waals surface area contributed by atoms with E-state index in [2.05, 4.69) is 51.5 Å². The molecule has 1 aliphatic carbocycles. The van der Waals surface area contributed by atoms with E-state index in [0.717, 1.165) is 56.5 Å². The van der Waals surface area contributed by atoms with Crippen molar-refractivity contribution in [2.24, 2.45) is 17.3 Å². The number of carbonyl (C=O) groups is 2. The van der Waals surface area contributed by atoms with Crippen molar-refractivity contribution < 1.29 is 14.3 Å². The van der Waals surface area contributed by atoms with Crippen LogP contribution in [0.15, 0.2) is 6.07 Å². The van der Waals surface area contributed by atoms with Crippen molar-refractivity contribution in [3.05, 3.63) is 15.8 Å². The number of likely N-dealkylation sites (tertiary alicyclic amines) is 1. The van der Waals surface area contributed by atoms with Crippen LogP contribution in [-0.2, 0) is 9.53 Å². The number of hydrogen-bond acceptors (Lipinski definition) is 5. The lowest BCUT2D eigenvalue weighted by atomic mass is 9.82. The largest absolute Gasteiger partial charge is 0.465 e. The normalized spacial score (nSPS) is 22.7. The molecule has 176 valence electrons. The minimum Gasteiger partial charge on any atom is -0.465 e. The zero-order valence-electron chi connectivity index (χ0n) is 20.5. The lowest BCUT2D eigenvalue weighted by molar-refractivity contribution is -0.124. The molecule has 0 radical (unpaired) electrons. The molecule has 0 N–H and O–H groups in total. The molecule has 3 rings (SSSR count). The van der Waals surface area contributed by atoms with Gasteiger partial charge in [-0.1, -0.05) is 18.8 Å². The minimum absolute atomic E-state index is 0.0281. The average molecular weight is 459 g/mol. The third kappa shape index (κ3) is 6.14. The summed E-state index contributed by atoms with van der Waals surface area (Å²) in [6.45, 7) is 10.4. The second-order valence-electron chi connectivity index (χ2n) is 10.5. The Kier molecular flexibility index (Phi) is 8.06. The van der Waals surface area contributed by atoms with Crippen LogP contribution in [0.5, 0.6) is 0 Å². The Morgan fingerprint density at radius 1 is 1.12 bits per heavy atom. The van der Waals surface area contributed by atoms with Crippen LogP contribution in [0.2, 0.25) is 0 Å². The highest BCUT2D eigenvalue weighted by Gasteiger charge is 2.37. The second kappa shape index (κ2) is 10.4. The zero-order chi connectivity index (χ0) is 23.5. The molecule has 1 amide bonds. The highest BCUT2D eigenvalue weighted by Crippen LogP contribution is 2.38. The van der Waals surface area contributed by atoms with Crippen LogP contribution in [0, 0.1) is 29.1 Å². The first-order valence-corrected chi connectivity index (χ1v) is 12.7. The third-order valence-electron chi connectivity index (χ3n) is 6.56. The Morgan fingerprint density at radius 2 is 1.75 bits per heavy atom. The summed E-state index contributed by atoms with van der Waals surface area (Å²) in [4.78, 5) is 32.2. The van der Waals surface area contributed by atoms with Gasteiger partial charge < -0.3 is 14.5 Å². The Morgan fingerprint density at radius 3 is 2.31 bits per heavy atom. The quantitative estimate of drug-likeness (QED) is 0.460. The molecule has 5 nitrogen and oxygen atoms in total. The van der Waals surface area contributed by atoms with E-state index in [0.29, 0.717) is 16.5 Å². The molecular weight excluding hydrogens is 420 g/mol. The number of esters is 1. The fraction of sp³-hybridized carbons (Fsp3) is 0.692. The van der Waals surface area contributed by atoms with Crippen LogP contribution < -0.4 is 4.90 Å². The monoisotopic (exact) mass is 458 g/mol. The summed E-state index contributed by atoms with van der Waals surface area (Å²) in [6, 6.07) is 2.04. The van der Waals surface area contributed by atoms with Gasteiger partial charge in [0.1, 0.15) is 4.88 Å². The maximum atomic E-state index is 13.9.